The summed E-state index contributed by atoms with van der Waals surface area (Å²) in [5, 5.41) is 17.1. The second-order valence-electron chi connectivity index (χ2n) is 8.05. The smallest absolute Gasteiger partial charge is 0.322 e. The predicted octanol–water partition coefficient (Wildman–Crippen LogP) is 5.00. The first-order chi connectivity index (χ1) is 14.7. The SMILES string of the molecule is CC(C)N(CC(O)c1ccc(Cl)c(Cl)c1)C(=O)Nc1ccc(CNC(=O)C2CC2)cc1. The monoisotopic (exact) mass is 463 g/mol. The topological polar surface area (TPSA) is 81.7 Å². The number of nitrogens with one attached hydrogen (secondary N) is 2. The summed E-state index contributed by atoms with van der Waals surface area (Å²) in [6.45, 7) is 4.34. The van der Waals surface area contributed by atoms with Crippen LogP contribution in [0.25, 0.3) is 0 Å². The Hall–Kier alpha value is -2.28. The van der Waals surface area contributed by atoms with Crippen molar-refractivity contribution in [1.29, 1.82) is 0 Å². The molecule has 2 aromatic carbocycles. The maximum Gasteiger partial charge on any atom is 0.322 e. The molecule has 1 aliphatic carbocycles. The van der Waals surface area contributed by atoms with Gasteiger partial charge in [0.05, 0.1) is 22.7 Å². The summed E-state index contributed by atoms with van der Waals surface area (Å²) in [5.74, 6) is 0.283. The van der Waals surface area contributed by atoms with Crippen molar-refractivity contribution in [3.63, 3.8) is 0 Å². The second kappa shape index (κ2) is 10.4. The van der Waals surface area contributed by atoms with Crippen LogP contribution in [0.4, 0.5) is 10.5 Å². The van der Waals surface area contributed by atoms with Gasteiger partial charge < -0.3 is 20.6 Å². The molecule has 0 heterocycles. The summed E-state index contributed by atoms with van der Waals surface area (Å²) in [5.41, 5.74) is 2.19. The van der Waals surface area contributed by atoms with Crippen LogP contribution in [0.1, 0.15) is 43.9 Å². The molecule has 1 aliphatic rings. The third-order valence-corrected chi connectivity index (χ3v) is 5.94. The van der Waals surface area contributed by atoms with E-state index in [2.05, 4.69) is 10.6 Å². The van der Waals surface area contributed by atoms with Crippen LogP contribution in [0.5, 0.6) is 0 Å². The number of carbonyl (C=O) groups is 2. The van der Waals surface area contributed by atoms with Crippen LogP contribution in [0, 0.1) is 5.92 Å². The number of benzene rings is 2. The van der Waals surface area contributed by atoms with E-state index < -0.39 is 6.10 Å². The zero-order chi connectivity index (χ0) is 22.5. The maximum atomic E-state index is 12.8. The highest BCUT2D eigenvalue weighted by molar-refractivity contribution is 6.42. The molecule has 0 aromatic heterocycles. The standard InChI is InChI=1S/C23H27Cl2N3O3/c1-14(2)28(13-21(29)17-7-10-19(24)20(25)11-17)23(31)27-18-8-3-15(4-9-18)12-26-22(30)16-5-6-16/h3-4,7-11,14,16,21,29H,5-6,12-13H2,1-2H3,(H,26,30)(H,27,31). The molecule has 0 aliphatic heterocycles. The van der Waals surface area contributed by atoms with E-state index in [1.807, 2.05) is 26.0 Å². The lowest BCUT2D eigenvalue weighted by molar-refractivity contribution is -0.122. The van der Waals surface area contributed by atoms with Gasteiger partial charge in [0.15, 0.2) is 0 Å². The summed E-state index contributed by atoms with van der Waals surface area (Å²) in [6, 6.07) is 11.8. The molecule has 0 bridgehead atoms. The Morgan fingerprint density at radius 1 is 1.10 bits per heavy atom. The number of nitrogens with zero attached hydrogens (tertiary/aromatic N) is 1. The van der Waals surface area contributed by atoms with E-state index in [0.717, 1.165) is 18.4 Å². The molecule has 0 saturated heterocycles. The number of anilines is 1. The van der Waals surface area contributed by atoms with Crippen LogP contribution in [-0.2, 0) is 11.3 Å². The van der Waals surface area contributed by atoms with Crippen LogP contribution >= 0.6 is 23.2 Å². The lowest BCUT2D eigenvalue weighted by Crippen LogP contribution is -2.42. The number of amides is 3. The van der Waals surface area contributed by atoms with E-state index in [4.69, 9.17) is 23.2 Å². The van der Waals surface area contributed by atoms with Crippen molar-refractivity contribution in [2.45, 2.75) is 45.4 Å². The Labute approximate surface area is 192 Å². The van der Waals surface area contributed by atoms with E-state index in [0.29, 0.717) is 27.8 Å². The van der Waals surface area contributed by atoms with Gasteiger partial charge in [-0.2, -0.15) is 0 Å². The fraction of sp³-hybridized carbons (Fsp3) is 0.391. The molecular formula is C23H27Cl2N3O3. The number of aliphatic hydroxyl groups excluding tert-OH is 1. The highest BCUT2D eigenvalue weighted by Gasteiger charge is 2.29. The molecule has 2 aromatic rings. The Balaban J connectivity index is 1.57. The minimum Gasteiger partial charge on any atom is -0.387 e. The number of carbonyl (C=O) groups excluding carboxylic acids is 2. The quantitative estimate of drug-likeness (QED) is 0.515. The Morgan fingerprint density at radius 2 is 1.77 bits per heavy atom. The van der Waals surface area contributed by atoms with Gasteiger partial charge in [0.1, 0.15) is 0 Å². The van der Waals surface area contributed by atoms with Crippen molar-refractivity contribution in [2.75, 3.05) is 11.9 Å². The number of urea groups is 1. The summed E-state index contributed by atoms with van der Waals surface area (Å²) in [4.78, 5) is 26.1. The Morgan fingerprint density at radius 3 is 2.35 bits per heavy atom. The van der Waals surface area contributed by atoms with Crippen LogP contribution in [0.15, 0.2) is 42.5 Å². The molecule has 0 radical (unpaired) electrons. The normalized spacial score (nSPS) is 14.3. The van der Waals surface area contributed by atoms with Gasteiger partial charge in [-0.05, 0) is 62.1 Å². The molecule has 3 N–H and O–H groups in total. The van der Waals surface area contributed by atoms with Gasteiger partial charge in [0.2, 0.25) is 5.91 Å². The lowest BCUT2D eigenvalue weighted by atomic mass is 10.1. The van der Waals surface area contributed by atoms with Gasteiger partial charge >= 0.3 is 6.03 Å². The molecule has 31 heavy (non-hydrogen) atoms. The molecule has 8 heteroatoms. The Kier molecular flexibility index (Phi) is 7.81. The average Bonchev–Trinajstić information content (AvgIpc) is 3.58. The summed E-state index contributed by atoms with van der Waals surface area (Å²) >= 11 is 12.0. The fourth-order valence-electron chi connectivity index (χ4n) is 3.12. The molecule has 3 rings (SSSR count). The van der Waals surface area contributed by atoms with E-state index in [1.165, 1.54) is 0 Å². The molecule has 3 amide bonds. The van der Waals surface area contributed by atoms with Crippen molar-refractivity contribution < 1.29 is 14.7 Å². The van der Waals surface area contributed by atoms with Crippen LogP contribution in [0.3, 0.4) is 0 Å². The number of aliphatic hydroxyl groups is 1. The third-order valence-electron chi connectivity index (χ3n) is 5.20. The van der Waals surface area contributed by atoms with Crippen LogP contribution in [-0.4, -0.2) is 34.5 Å². The van der Waals surface area contributed by atoms with Crippen molar-refractivity contribution in [3.05, 3.63) is 63.6 Å². The minimum absolute atomic E-state index is 0.102. The van der Waals surface area contributed by atoms with Crippen molar-refractivity contribution >= 4 is 40.8 Å². The van der Waals surface area contributed by atoms with Gasteiger partial charge in [0.25, 0.3) is 0 Å². The lowest BCUT2D eigenvalue weighted by Gasteiger charge is -2.29. The largest absolute Gasteiger partial charge is 0.387 e. The summed E-state index contributed by atoms with van der Waals surface area (Å²) < 4.78 is 0. The van der Waals surface area contributed by atoms with Gasteiger partial charge in [-0.1, -0.05) is 41.4 Å². The third kappa shape index (κ3) is 6.60. The first kappa shape index (κ1) is 23.4. The van der Waals surface area contributed by atoms with Crippen molar-refractivity contribution in [3.8, 4) is 0 Å². The van der Waals surface area contributed by atoms with Gasteiger partial charge in [-0.3, -0.25) is 4.79 Å². The van der Waals surface area contributed by atoms with Gasteiger partial charge in [-0.15, -0.1) is 0 Å². The number of hydrogen-bond acceptors (Lipinski definition) is 3. The van der Waals surface area contributed by atoms with Crippen LogP contribution in [0.2, 0.25) is 10.0 Å². The number of rotatable bonds is 8. The summed E-state index contributed by atoms with van der Waals surface area (Å²) in [6.07, 6.45) is 1.05. The number of halogens is 2. The highest BCUT2D eigenvalue weighted by atomic mass is 35.5. The van der Waals surface area contributed by atoms with E-state index in [-0.39, 0.29) is 30.4 Å². The maximum absolute atomic E-state index is 12.8. The average molecular weight is 464 g/mol. The summed E-state index contributed by atoms with van der Waals surface area (Å²) in [7, 11) is 0. The van der Waals surface area contributed by atoms with Crippen molar-refractivity contribution in [2.24, 2.45) is 5.92 Å². The highest BCUT2D eigenvalue weighted by Crippen LogP contribution is 2.29. The van der Waals surface area contributed by atoms with Gasteiger partial charge in [0, 0.05) is 24.2 Å². The fourth-order valence-corrected chi connectivity index (χ4v) is 3.43. The van der Waals surface area contributed by atoms with Crippen LogP contribution < -0.4 is 10.6 Å². The van der Waals surface area contributed by atoms with Gasteiger partial charge in [-0.25, -0.2) is 4.79 Å². The van der Waals surface area contributed by atoms with Crippen molar-refractivity contribution in [1.82, 2.24) is 10.2 Å². The Bertz CT molecular complexity index is 930. The molecule has 6 nitrogen and oxygen atoms in total. The minimum atomic E-state index is -0.902. The molecular weight excluding hydrogens is 437 g/mol. The second-order valence-corrected chi connectivity index (χ2v) is 8.87. The molecule has 1 fully saturated rings. The van der Waals surface area contributed by atoms with E-state index in [9.17, 15) is 14.7 Å². The van der Waals surface area contributed by atoms with E-state index >= 15 is 0 Å². The zero-order valence-corrected chi connectivity index (χ0v) is 19.1. The first-order valence-electron chi connectivity index (χ1n) is 10.3. The molecule has 166 valence electrons. The van der Waals surface area contributed by atoms with E-state index in [1.54, 1.807) is 35.2 Å². The molecule has 1 atom stereocenters. The molecule has 0 spiro atoms. The molecule has 1 saturated carbocycles. The first-order valence-corrected chi connectivity index (χ1v) is 11.1. The predicted molar refractivity (Wildman–Crippen MR) is 123 cm³/mol. The number of hydrogen-bond donors (Lipinski definition) is 3. The molecule has 1 unspecified atom stereocenters. The zero-order valence-electron chi connectivity index (χ0n) is 17.6.